The van der Waals surface area contributed by atoms with Crippen LogP contribution < -0.4 is 10.9 Å². The van der Waals surface area contributed by atoms with Crippen molar-refractivity contribution in [2.75, 3.05) is 0 Å². The summed E-state index contributed by atoms with van der Waals surface area (Å²) in [6.07, 6.45) is 0.110. The fourth-order valence-corrected chi connectivity index (χ4v) is 3.69. The van der Waals surface area contributed by atoms with Gasteiger partial charge in [-0.05, 0) is 36.8 Å². The van der Waals surface area contributed by atoms with Crippen LogP contribution in [0.3, 0.4) is 0 Å². The number of nitrogens with zero attached hydrogens (tertiary/aromatic N) is 1. The zero-order valence-electron chi connectivity index (χ0n) is 17.4. The molecule has 1 atom stereocenters. The number of aryl methyl sites for hydroxylation is 1. The highest BCUT2D eigenvalue weighted by atomic mass is 16.2. The molecule has 32 heavy (non-hydrogen) atoms. The van der Waals surface area contributed by atoms with Gasteiger partial charge in [0, 0.05) is 12.0 Å². The number of amides is 4. The van der Waals surface area contributed by atoms with E-state index in [2.05, 4.69) is 10.9 Å². The molecule has 0 fully saturated rings. The van der Waals surface area contributed by atoms with Crippen molar-refractivity contribution in [2.45, 2.75) is 19.4 Å². The number of benzene rings is 3. The average molecular weight is 427 g/mol. The van der Waals surface area contributed by atoms with E-state index >= 15 is 0 Å². The van der Waals surface area contributed by atoms with Crippen LogP contribution in [0.25, 0.3) is 0 Å². The molecule has 0 aliphatic carbocycles. The van der Waals surface area contributed by atoms with Gasteiger partial charge in [0.25, 0.3) is 23.6 Å². The second-order valence-electron chi connectivity index (χ2n) is 7.54. The topological polar surface area (TPSA) is 95.6 Å². The molecule has 0 spiro atoms. The van der Waals surface area contributed by atoms with Gasteiger partial charge in [-0.2, -0.15) is 0 Å². The summed E-state index contributed by atoms with van der Waals surface area (Å²) in [4.78, 5) is 52.5. The number of imide groups is 1. The predicted molar refractivity (Wildman–Crippen MR) is 118 cm³/mol. The Morgan fingerprint density at radius 2 is 1.44 bits per heavy atom. The van der Waals surface area contributed by atoms with E-state index in [1.54, 1.807) is 42.5 Å². The maximum Gasteiger partial charge on any atom is 0.269 e. The van der Waals surface area contributed by atoms with Crippen molar-refractivity contribution in [2.24, 2.45) is 0 Å². The first-order chi connectivity index (χ1) is 15.5. The standard InChI is InChI=1S/C25H21N3O4/c1-16-8-7-11-18(14-16)22(29)26-27-23(30)21(15-17-9-3-2-4-10-17)28-24(31)19-12-5-6-13-20(19)25(28)32/h2-14,21H,15H2,1H3,(H,26,29)(H,27,30). The number of carbonyl (C=O) groups excluding carboxylic acids is 4. The second kappa shape index (κ2) is 8.85. The van der Waals surface area contributed by atoms with Gasteiger partial charge in [-0.3, -0.25) is 34.9 Å². The largest absolute Gasteiger partial charge is 0.271 e. The Hall–Kier alpha value is -4.26. The minimum Gasteiger partial charge on any atom is -0.271 e. The zero-order valence-corrected chi connectivity index (χ0v) is 17.4. The molecule has 1 heterocycles. The molecular weight excluding hydrogens is 406 g/mol. The number of carbonyl (C=O) groups is 4. The van der Waals surface area contributed by atoms with Crippen molar-refractivity contribution < 1.29 is 19.2 Å². The Bertz CT molecular complexity index is 1170. The SMILES string of the molecule is Cc1cccc(C(=O)NNC(=O)C(Cc2ccccc2)N2C(=O)c3ccccc3C2=O)c1. The first kappa shape index (κ1) is 21.0. The van der Waals surface area contributed by atoms with Crippen molar-refractivity contribution in [3.63, 3.8) is 0 Å². The molecule has 3 aromatic rings. The summed E-state index contributed by atoms with van der Waals surface area (Å²) in [6.45, 7) is 1.85. The number of rotatable bonds is 5. The lowest BCUT2D eigenvalue weighted by Crippen LogP contribution is -2.54. The third-order valence-electron chi connectivity index (χ3n) is 5.29. The lowest BCUT2D eigenvalue weighted by atomic mass is 10.0. The first-order valence-corrected chi connectivity index (χ1v) is 10.1. The predicted octanol–water partition coefficient (Wildman–Crippen LogP) is 2.66. The Morgan fingerprint density at radius 3 is 2.06 bits per heavy atom. The number of fused-ring (bicyclic) bond motifs is 1. The van der Waals surface area contributed by atoms with Crippen molar-refractivity contribution in [3.05, 3.63) is 107 Å². The van der Waals surface area contributed by atoms with Crippen molar-refractivity contribution in [1.82, 2.24) is 15.8 Å². The number of hydrogen-bond donors (Lipinski definition) is 2. The number of nitrogens with one attached hydrogen (secondary N) is 2. The van der Waals surface area contributed by atoms with E-state index in [-0.39, 0.29) is 17.5 Å². The molecule has 2 N–H and O–H groups in total. The molecule has 0 radical (unpaired) electrons. The molecule has 7 nitrogen and oxygen atoms in total. The van der Waals surface area contributed by atoms with Crippen LogP contribution in [0.5, 0.6) is 0 Å². The Labute approximate surface area is 185 Å². The molecular formula is C25H21N3O4. The summed E-state index contributed by atoms with van der Waals surface area (Å²) in [5.74, 6) is -2.23. The molecule has 1 aliphatic heterocycles. The molecule has 0 saturated heterocycles. The summed E-state index contributed by atoms with van der Waals surface area (Å²) in [7, 11) is 0. The van der Waals surface area contributed by atoms with Crippen LogP contribution in [-0.2, 0) is 11.2 Å². The van der Waals surface area contributed by atoms with Crippen LogP contribution >= 0.6 is 0 Å². The first-order valence-electron chi connectivity index (χ1n) is 10.1. The van der Waals surface area contributed by atoms with E-state index in [0.29, 0.717) is 5.56 Å². The molecule has 1 aliphatic rings. The van der Waals surface area contributed by atoms with Gasteiger partial charge in [0.15, 0.2) is 0 Å². The minimum absolute atomic E-state index is 0.110. The van der Waals surface area contributed by atoms with Crippen LogP contribution in [0.1, 0.15) is 42.2 Å². The summed E-state index contributed by atoms with van der Waals surface area (Å²) in [5.41, 5.74) is 7.33. The highest BCUT2D eigenvalue weighted by Gasteiger charge is 2.42. The van der Waals surface area contributed by atoms with Gasteiger partial charge < -0.3 is 0 Å². The number of hydrazine groups is 1. The molecule has 160 valence electrons. The molecule has 0 aromatic heterocycles. The Balaban J connectivity index is 1.57. The summed E-state index contributed by atoms with van der Waals surface area (Å²) in [5, 5.41) is 0. The van der Waals surface area contributed by atoms with Crippen LogP contribution in [0.15, 0.2) is 78.9 Å². The van der Waals surface area contributed by atoms with Gasteiger partial charge in [-0.15, -0.1) is 0 Å². The smallest absolute Gasteiger partial charge is 0.269 e. The van der Waals surface area contributed by atoms with E-state index in [4.69, 9.17) is 0 Å². The third-order valence-corrected chi connectivity index (χ3v) is 5.29. The van der Waals surface area contributed by atoms with Crippen LogP contribution in [0, 0.1) is 6.92 Å². The highest BCUT2D eigenvalue weighted by Crippen LogP contribution is 2.26. The average Bonchev–Trinajstić information content (AvgIpc) is 3.06. The molecule has 4 rings (SSSR count). The van der Waals surface area contributed by atoms with Crippen LogP contribution in [0.2, 0.25) is 0 Å². The van der Waals surface area contributed by atoms with Crippen LogP contribution in [-0.4, -0.2) is 34.6 Å². The second-order valence-corrected chi connectivity index (χ2v) is 7.54. The maximum absolute atomic E-state index is 13.1. The van der Waals surface area contributed by atoms with Gasteiger partial charge in [0.1, 0.15) is 6.04 Å². The summed E-state index contributed by atoms with van der Waals surface area (Å²) in [6, 6.07) is 21.3. The van der Waals surface area contributed by atoms with Gasteiger partial charge in [-0.25, -0.2) is 0 Å². The van der Waals surface area contributed by atoms with E-state index in [1.165, 1.54) is 0 Å². The van der Waals surface area contributed by atoms with Crippen molar-refractivity contribution in [1.29, 1.82) is 0 Å². The maximum atomic E-state index is 13.1. The van der Waals surface area contributed by atoms with E-state index in [1.807, 2.05) is 43.3 Å². The molecule has 3 aromatic carbocycles. The normalized spacial score (nSPS) is 13.5. The fourth-order valence-electron chi connectivity index (χ4n) is 3.69. The monoisotopic (exact) mass is 427 g/mol. The summed E-state index contributed by atoms with van der Waals surface area (Å²) < 4.78 is 0. The molecule has 7 heteroatoms. The van der Waals surface area contributed by atoms with E-state index in [0.717, 1.165) is 16.0 Å². The Morgan fingerprint density at radius 1 is 0.812 bits per heavy atom. The van der Waals surface area contributed by atoms with Gasteiger partial charge in [-0.1, -0.05) is 60.2 Å². The Kier molecular flexibility index (Phi) is 5.81. The molecule has 0 bridgehead atoms. The van der Waals surface area contributed by atoms with Gasteiger partial charge in [0.2, 0.25) is 0 Å². The van der Waals surface area contributed by atoms with Crippen molar-refractivity contribution >= 4 is 23.6 Å². The van der Waals surface area contributed by atoms with E-state index < -0.39 is 29.7 Å². The van der Waals surface area contributed by atoms with Gasteiger partial charge >= 0.3 is 0 Å². The minimum atomic E-state index is -1.14. The van der Waals surface area contributed by atoms with E-state index in [9.17, 15) is 19.2 Å². The fraction of sp³-hybridized carbons (Fsp3) is 0.120. The number of hydrogen-bond acceptors (Lipinski definition) is 4. The molecule has 0 saturated carbocycles. The third kappa shape index (κ3) is 4.13. The molecule has 4 amide bonds. The lowest BCUT2D eigenvalue weighted by Gasteiger charge is -2.25. The lowest BCUT2D eigenvalue weighted by molar-refractivity contribution is -0.125. The quantitative estimate of drug-likeness (QED) is 0.483. The van der Waals surface area contributed by atoms with Crippen molar-refractivity contribution in [3.8, 4) is 0 Å². The van der Waals surface area contributed by atoms with Gasteiger partial charge in [0.05, 0.1) is 11.1 Å². The summed E-state index contributed by atoms with van der Waals surface area (Å²) >= 11 is 0. The van der Waals surface area contributed by atoms with Crippen LogP contribution in [0.4, 0.5) is 0 Å². The zero-order chi connectivity index (χ0) is 22.7. The highest BCUT2D eigenvalue weighted by molar-refractivity contribution is 6.22. The molecule has 1 unspecified atom stereocenters.